The number of nitrogens with zero attached hydrogens (tertiary/aromatic N) is 2. The van der Waals surface area contributed by atoms with Crippen molar-refractivity contribution >= 4 is 23.6 Å². The Morgan fingerprint density at radius 2 is 1.70 bits per heavy atom. The topological polar surface area (TPSA) is 71.4 Å². The predicted octanol–water partition coefficient (Wildman–Crippen LogP) is 4.79. The van der Waals surface area contributed by atoms with Crippen molar-refractivity contribution in [3.8, 4) is 11.5 Å². The van der Waals surface area contributed by atoms with Gasteiger partial charge < -0.3 is 19.5 Å². The third kappa shape index (κ3) is 5.38. The molecule has 0 bridgehead atoms. The van der Waals surface area contributed by atoms with Crippen molar-refractivity contribution < 1.29 is 19.4 Å². The molecule has 0 unspecified atom stereocenters. The summed E-state index contributed by atoms with van der Waals surface area (Å²) < 4.78 is 11.3. The van der Waals surface area contributed by atoms with Gasteiger partial charge in [0, 0.05) is 26.0 Å². The normalized spacial score (nSPS) is 10.8. The molecular weight excluding hydrogens is 380 g/mol. The summed E-state index contributed by atoms with van der Waals surface area (Å²) in [4.78, 5) is 17.5. The van der Waals surface area contributed by atoms with E-state index in [0.29, 0.717) is 18.1 Å². The van der Waals surface area contributed by atoms with Crippen molar-refractivity contribution in [1.29, 1.82) is 0 Å². The minimum Gasteiger partial charge on any atom is -0.493 e. The molecule has 0 saturated heterocycles. The molecule has 154 valence electrons. The maximum atomic E-state index is 10.9. The van der Waals surface area contributed by atoms with Gasteiger partial charge in [-0.25, -0.2) is 4.79 Å². The molecule has 0 heterocycles. The third-order valence-electron chi connectivity index (χ3n) is 4.51. The molecule has 0 radical (unpaired) electrons. The van der Waals surface area contributed by atoms with E-state index >= 15 is 0 Å². The molecule has 6 nitrogen and oxygen atoms in total. The minimum absolute atomic E-state index is 0.247. The van der Waals surface area contributed by atoms with Crippen molar-refractivity contribution in [2.24, 2.45) is 4.99 Å². The Labute approximate surface area is 176 Å². The van der Waals surface area contributed by atoms with E-state index in [1.165, 1.54) is 0 Å². The molecule has 3 rings (SSSR count). The quantitative estimate of drug-likeness (QED) is 0.547. The van der Waals surface area contributed by atoms with Gasteiger partial charge in [-0.3, -0.25) is 4.99 Å². The number of aliphatic imine (C=N–C) groups is 1. The van der Waals surface area contributed by atoms with Crippen LogP contribution in [0, 0.1) is 0 Å². The van der Waals surface area contributed by atoms with Crippen molar-refractivity contribution in [2.75, 3.05) is 26.1 Å². The van der Waals surface area contributed by atoms with Gasteiger partial charge >= 0.3 is 5.97 Å². The van der Waals surface area contributed by atoms with Crippen LogP contribution in [0.2, 0.25) is 0 Å². The van der Waals surface area contributed by atoms with Crippen LogP contribution in [-0.2, 0) is 6.61 Å². The van der Waals surface area contributed by atoms with E-state index in [1.807, 2.05) is 61.5 Å². The number of carbonyl (C=O) groups is 1. The van der Waals surface area contributed by atoms with Crippen molar-refractivity contribution in [3.63, 3.8) is 0 Å². The van der Waals surface area contributed by atoms with E-state index in [1.54, 1.807) is 37.6 Å². The minimum atomic E-state index is -0.949. The first-order valence-corrected chi connectivity index (χ1v) is 9.41. The van der Waals surface area contributed by atoms with Crippen LogP contribution in [0.25, 0.3) is 0 Å². The van der Waals surface area contributed by atoms with E-state index in [-0.39, 0.29) is 5.56 Å². The number of ether oxygens (including phenoxy) is 2. The molecule has 30 heavy (non-hydrogen) atoms. The number of carboxylic acids is 1. The largest absolute Gasteiger partial charge is 0.493 e. The van der Waals surface area contributed by atoms with Gasteiger partial charge in [-0.1, -0.05) is 12.1 Å². The summed E-state index contributed by atoms with van der Waals surface area (Å²) in [6.07, 6.45) is 1.78. The molecule has 3 aromatic rings. The summed E-state index contributed by atoms with van der Waals surface area (Å²) >= 11 is 0. The van der Waals surface area contributed by atoms with E-state index in [2.05, 4.69) is 4.99 Å². The van der Waals surface area contributed by atoms with Gasteiger partial charge in [-0.2, -0.15) is 0 Å². The Hall–Kier alpha value is -3.80. The van der Waals surface area contributed by atoms with Crippen LogP contribution >= 0.6 is 0 Å². The molecule has 0 atom stereocenters. The van der Waals surface area contributed by atoms with Crippen LogP contribution in [0.3, 0.4) is 0 Å². The number of hydrogen-bond acceptors (Lipinski definition) is 5. The summed E-state index contributed by atoms with van der Waals surface area (Å²) in [6.45, 7) is 0.307. The Kier molecular flexibility index (Phi) is 6.70. The highest BCUT2D eigenvalue weighted by Crippen LogP contribution is 2.29. The predicted molar refractivity (Wildman–Crippen MR) is 119 cm³/mol. The fourth-order valence-electron chi connectivity index (χ4n) is 2.77. The monoisotopic (exact) mass is 404 g/mol. The van der Waals surface area contributed by atoms with Crippen LogP contribution < -0.4 is 14.4 Å². The van der Waals surface area contributed by atoms with Crippen LogP contribution in [0.5, 0.6) is 11.5 Å². The molecule has 0 aliphatic rings. The Morgan fingerprint density at radius 1 is 1.00 bits per heavy atom. The molecule has 3 aromatic carbocycles. The molecule has 0 aliphatic carbocycles. The van der Waals surface area contributed by atoms with Gasteiger partial charge in [0.05, 0.1) is 18.4 Å². The van der Waals surface area contributed by atoms with Gasteiger partial charge in [0.15, 0.2) is 11.5 Å². The second-order valence-electron chi connectivity index (χ2n) is 6.87. The Balaban J connectivity index is 1.67. The van der Waals surface area contributed by atoms with E-state index in [4.69, 9.17) is 14.6 Å². The molecule has 6 heteroatoms. The van der Waals surface area contributed by atoms with Crippen LogP contribution in [0.15, 0.2) is 71.7 Å². The number of methoxy groups -OCH3 is 1. The van der Waals surface area contributed by atoms with Crippen LogP contribution in [0.1, 0.15) is 21.5 Å². The Bertz CT molecular complexity index is 1030. The zero-order chi connectivity index (χ0) is 21.5. The van der Waals surface area contributed by atoms with E-state index in [9.17, 15) is 4.79 Å². The second kappa shape index (κ2) is 9.60. The SMILES string of the molecule is COc1cc(C=Nc2ccc(N(C)C)cc2)ccc1OCc1ccc(C(=O)O)cc1. The zero-order valence-corrected chi connectivity index (χ0v) is 17.2. The lowest BCUT2D eigenvalue weighted by atomic mass is 10.1. The first kappa shape index (κ1) is 20.9. The molecule has 0 aromatic heterocycles. The Morgan fingerprint density at radius 3 is 2.30 bits per heavy atom. The standard InChI is InChI=1S/C24H24N2O4/c1-26(2)21-11-9-20(10-12-21)25-15-18-6-13-22(23(14-18)29-3)30-16-17-4-7-19(8-5-17)24(27)28/h4-15H,16H2,1-3H3,(H,27,28). The molecule has 0 aliphatic heterocycles. The average Bonchev–Trinajstić information content (AvgIpc) is 2.77. The summed E-state index contributed by atoms with van der Waals surface area (Å²) in [5.41, 5.74) is 3.99. The van der Waals surface area contributed by atoms with Gasteiger partial charge in [0.25, 0.3) is 0 Å². The summed E-state index contributed by atoms with van der Waals surface area (Å²) in [5.74, 6) is 0.256. The molecule has 1 N–H and O–H groups in total. The van der Waals surface area contributed by atoms with Gasteiger partial charge in [0.1, 0.15) is 6.61 Å². The lowest BCUT2D eigenvalue weighted by molar-refractivity contribution is 0.0697. The lowest BCUT2D eigenvalue weighted by Crippen LogP contribution is -2.07. The van der Waals surface area contributed by atoms with Crippen LogP contribution in [-0.4, -0.2) is 38.5 Å². The molecule has 0 saturated carbocycles. The highest BCUT2D eigenvalue weighted by atomic mass is 16.5. The van der Waals surface area contributed by atoms with Crippen molar-refractivity contribution in [2.45, 2.75) is 6.61 Å². The summed E-state index contributed by atoms with van der Waals surface area (Å²) in [7, 11) is 5.59. The maximum absolute atomic E-state index is 10.9. The first-order valence-electron chi connectivity index (χ1n) is 9.41. The number of rotatable bonds is 8. The second-order valence-corrected chi connectivity index (χ2v) is 6.87. The van der Waals surface area contributed by atoms with Crippen molar-refractivity contribution in [3.05, 3.63) is 83.4 Å². The summed E-state index contributed by atoms with van der Waals surface area (Å²) in [6, 6.07) is 20.2. The molecule has 0 amide bonds. The van der Waals surface area contributed by atoms with Crippen LogP contribution in [0.4, 0.5) is 11.4 Å². The van der Waals surface area contributed by atoms with Crippen molar-refractivity contribution in [1.82, 2.24) is 0 Å². The van der Waals surface area contributed by atoms with E-state index in [0.717, 1.165) is 22.5 Å². The molecule has 0 spiro atoms. The van der Waals surface area contributed by atoms with Gasteiger partial charge in [0.2, 0.25) is 0 Å². The number of aromatic carboxylic acids is 1. The smallest absolute Gasteiger partial charge is 0.335 e. The number of anilines is 1. The van der Waals surface area contributed by atoms with E-state index < -0.39 is 5.97 Å². The highest BCUT2D eigenvalue weighted by Gasteiger charge is 2.07. The number of benzene rings is 3. The highest BCUT2D eigenvalue weighted by molar-refractivity contribution is 5.87. The number of hydrogen-bond donors (Lipinski definition) is 1. The maximum Gasteiger partial charge on any atom is 0.335 e. The fourth-order valence-corrected chi connectivity index (χ4v) is 2.77. The third-order valence-corrected chi connectivity index (χ3v) is 4.51. The summed E-state index contributed by atoms with van der Waals surface area (Å²) in [5, 5.41) is 8.97. The lowest BCUT2D eigenvalue weighted by Gasteiger charge is -2.12. The fraction of sp³-hybridized carbons (Fsp3) is 0.167. The molecule has 0 fully saturated rings. The molecular formula is C24H24N2O4. The average molecular weight is 404 g/mol. The zero-order valence-electron chi connectivity index (χ0n) is 17.2. The first-order chi connectivity index (χ1) is 14.5. The van der Waals surface area contributed by atoms with Gasteiger partial charge in [-0.05, 0) is 65.7 Å². The van der Waals surface area contributed by atoms with Gasteiger partial charge in [-0.15, -0.1) is 0 Å². The number of carboxylic acid groups (broad SMARTS) is 1.